The van der Waals surface area contributed by atoms with Crippen LogP contribution in [0.5, 0.6) is 0 Å². The Morgan fingerprint density at radius 2 is 1.63 bits per heavy atom. The minimum Gasteiger partial charge on any atom is -0.302 e. The monoisotopic (exact) mass is 418 g/mol. The van der Waals surface area contributed by atoms with Crippen LogP contribution in [0.15, 0.2) is 60.0 Å². The number of hydrogen-bond acceptors (Lipinski definition) is 3. The molecule has 156 valence electrons. The van der Waals surface area contributed by atoms with E-state index in [1.807, 2.05) is 11.4 Å². The summed E-state index contributed by atoms with van der Waals surface area (Å²) in [4.78, 5) is 17.4. The Balaban J connectivity index is 1.34. The summed E-state index contributed by atoms with van der Waals surface area (Å²) < 4.78 is 0. The third-order valence-corrected chi connectivity index (χ3v) is 6.96. The number of carbonyl (C=O) groups excluding carboxylic acids is 1. The highest BCUT2D eigenvalue weighted by Gasteiger charge is 2.26. The van der Waals surface area contributed by atoms with Crippen LogP contribution >= 0.6 is 11.3 Å². The van der Waals surface area contributed by atoms with Crippen LogP contribution < -0.4 is 5.32 Å². The summed E-state index contributed by atoms with van der Waals surface area (Å²) in [6.07, 6.45) is 8.31. The van der Waals surface area contributed by atoms with Gasteiger partial charge < -0.3 is 5.32 Å². The normalized spacial score (nSPS) is 18.8. The molecule has 1 aliphatic rings. The average Bonchev–Trinajstić information content (AvgIpc) is 3.27. The molecular weight excluding hydrogens is 388 g/mol. The van der Waals surface area contributed by atoms with Gasteiger partial charge in [-0.25, -0.2) is 4.98 Å². The molecule has 3 aromatic rings. The van der Waals surface area contributed by atoms with Crippen molar-refractivity contribution in [3.63, 3.8) is 0 Å². The molecule has 1 saturated carbocycles. The van der Waals surface area contributed by atoms with E-state index in [0.29, 0.717) is 5.13 Å². The second-order valence-electron chi connectivity index (χ2n) is 8.33. The van der Waals surface area contributed by atoms with Crippen molar-refractivity contribution in [2.75, 3.05) is 5.32 Å². The summed E-state index contributed by atoms with van der Waals surface area (Å²) in [5.74, 6) is 1.10. The maximum atomic E-state index is 12.7. The first kappa shape index (κ1) is 20.8. The molecule has 4 heteroatoms. The molecule has 2 aromatic carbocycles. The molecule has 3 nitrogen and oxygen atoms in total. The summed E-state index contributed by atoms with van der Waals surface area (Å²) in [5.41, 5.74) is 4.39. The van der Waals surface area contributed by atoms with Gasteiger partial charge in [-0.05, 0) is 42.7 Å². The number of carbonyl (C=O) groups is 1. The lowest BCUT2D eigenvalue weighted by atomic mass is 9.79. The van der Waals surface area contributed by atoms with Gasteiger partial charge in [-0.1, -0.05) is 80.8 Å². The predicted octanol–water partition coefficient (Wildman–Crippen LogP) is 7.41. The standard InChI is InChI=1S/C26H30N2OS/c1-2-3-7-19-10-12-23(13-11-19)25(29)28-26-27-24(18-30-26)22-16-14-21(15-17-22)20-8-5-4-6-9-20/h4-6,8-9,14-19,23H,2-3,7,10-13H2,1H3,(H,27,28,29). The van der Waals surface area contributed by atoms with Crippen molar-refractivity contribution >= 4 is 22.4 Å². The number of unbranched alkanes of at least 4 members (excludes halogenated alkanes) is 1. The fourth-order valence-corrected chi connectivity index (χ4v) is 5.06. The second kappa shape index (κ2) is 10.0. The van der Waals surface area contributed by atoms with Crippen LogP contribution in [-0.4, -0.2) is 10.9 Å². The molecule has 1 amide bonds. The van der Waals surface area contributed by atoms with E-state index >= 15 is 0 Å². The number of benzene rings is 2. The zero-order valence-electron chi connectivity index (χ0n) is 17.6. The number of anilines is 1. The van der Waals surface area contributed by atoms with Gasteiger partial charge in [0, 0.05) is 16.9 Å². The van der Waals surface area contributed by atoms with Crippen LogP contribution in [-0.2, 0) is 4.79 Å². The third-order valence-electron chi connectivity index (χ3n) is 6.21. The van der Waals surface area contributed by atoms with Crippen molar-refractivity contribution < 1.29 is 4.79 Å². The lowest BCUT2D eigenvalue weighted by Gasteiger charge is -2.27. The first-order valence-corrected chi connectivity index (χ1v) is 12.0. The highest BCUT2D eigenvalue weighted by molar-refractivity contribution is 7.14. The van der Waals surface area contributed by atoms with Crippen molar-refractivity contribution in [1.29, 1.82) is 0 Å². The van der Waals surface area contributed by atoms with Gasteiger partial charge in [-0.2, -0.15) is 0 Å². The zero-order valence-corrected chi connectivity index (χ0v) is 18.5. The van der Waals surface area contributed by atoms with Crippen molar-refractivity contribution in [2.45, 2.75) is 51.9 Å². The first-order chi connectivity index (χ1) is 14.7. The minimum atomic E-state index is 0.139. The zero-order chi connectivity index (χ0) is 20.8. The Kier molecular flexibility index (Phi) is 6.96. The quantitative estimate of drug-likeness (QED) is 0.434. The van der Waals surface area contributed by atoms with Crippen LogP contribution in [0.1, 0.15) is 51.9 Å². The van der Waals surface area contributed by atoms with E-state index in [0.717, 1.165) is 30.0 Å². The third kappa shape index (κ3) is 5.17. The summed E-state index contributed by atoms with van der Waals surface area (Å²) in [6.45, 7) is 2.25. The fraction of sp³-hybridized carbons (Fsp3) is 0.385. The summed E-state index contributed by atoms with van der Waals surface area (Å²) in [6, 6.07) is 18.8. The van der Waals surface area contributed by atoms with Crippen LogP contribution in [0.3, 0.4) is 0 Å². The lowest BCUT2D eigenvalue weighted by Crippen LogP contribution is -2.27. The Morgan fingerprint density at radius 3 is 2.33 bits per heavy atom. The highest BCUT2D eigenvalue weighted by atomic mass is 32.1. The van der Waals surface area contributed by atoms with Crippen LogP contribution in [0.2, 0.25) is 0 Å². The molecule has 1 N–H and O–H groups in total. The van der Waals surface area contributed by atoms with Crippen molar-refractivity contribution in [3.05, 3.63) is 60.0 Å². The van der Waals surface area contributed by atoms with Gasteiger partial charge in [-0.15, -0.1) is 11.3 Å². The molecule has 1 aromatic heterocycles. The molecule has 1 heterocycles. The van der Waals surface area contributed by atoms with Gasteiger partial charge >= 0.3 is 0 Å². The number of thiazole rings is 1. The maximum Gasteiger partial charge on any atom is 0.229 e. The summed E-state index contributed by atoms with van der Waals surface area (Å²) >= 11 is 1.51. The van der Waals surface area contributed by atoms with E-state index in [4.69, 9.17) is 0 Å². The van der Waals surface area contributed by atoms with Gasteiger partial charge in [0.25, 0.3) is 0 Å². The second-order valence-corrected chi connectivity index (χ2v) is 9.19. The molecule has 30 heavy (non-hydrogen) atoms. The Bertz CT molecular complexity index is 941. The topological polar surface area (TPSA) is 42.0 Å². The van der Waals surface area contributed by atoms with Gasteiger partial charge in [-0.3, -0.25) is 4.79 Å². The maximum absolute atomic E-state index is 12.7. The first-order valence-electron chi connectivity index (χ1n) is 11.1. The van der Waals surface area contributed by atoms with E-state index in [-0.39, 0.29) is 11.8 Å². The SMILES string of the molecule is CCCCC1CCC(C(=O)Nc2nc(-c3ccc(-c4ccccc4)cc3)cs2)CC1. The molecule has 0 unspecified atom stereocenters. The van der Waals surface area contributed by atoms with E-state index in [2.05, 4.69) is 65.8 Å². The fourth-order valence-electron chi connectivity index (χ4n) is 4.34. The molecule has 1 aliphatic carbocycles. The Hall–Kier alpha value is -2.46. The molecule has 0 bridgehead atoms. The van der Waals surface area contributed by atoms with Crippen LogP contribution in [0, 0.1) is 11.8 Å². The molecule has 0 atom stereocenters. The number of amides is 1. The molecule has 1 fully saturated rings. The number of aromatic nitrogens is 1. The number of hydrogen-bond donors (Lipinski definition) is 1. The number of rotatable bonds is 7. The van der Waals surface area contributed by atoms with Gasteiger partial charge in [0.05, 0.1) is 5.69 Å². The van der Waals surface area contributed by atoms with E-state index in [1.165, 1.54) is 54.6 Å². The lowest BCUT2D eigenvalue weighted by molar-refractivity contribution is -0.121. The predicted molar refractivity (Wildman–Crippen MR) is 127 cm³/mol. The Labute approximate surface area is 183 Å². The van der Waals surface area contributed by atoms with Crippen LogP contribution in [0.25, 0.3) is 22.4 Å². The molecule has 0 radical (unpaired) electrons. The van der Waals surface area contributed by atoms with Crippen molar-refractivity contribution in [3.8, 4) is 22.4 Å². The van der Waals surface area contributed by atoms with Crippen molar-refractivity contribution in [2.24, 2.45) is 11.8 Å². The summed E-state index contributed by atoms with van der Waals surface area (Å²) in [7, 11) is 0. The van der Waals surface area contributed by atoms with E-state index < -0.39 is 0 Å². The molecule has 0 spiro atoms. The number of nitrogens with zero attached hydrogens (tertiary/aromatic N) is 1. The van der Waals surface area contributed by atoms with Crippen LogP contribution in [0.4, 0.5) is 5.13 Å². The van der Waals surface area contributed by atoms with Gasteiger partial charge in [0.1, 0.15) is 0 Å². The largest absolute Gasteiger partial charge is 0.302 e. The Morgan fingerprint density at radius 1 is 0.967 bits per heavy atom. The van der Waals surface area contributed by atoms with E-state index in [9.17, 15) is 4.79 Å². The van der Waals surface area contributed by atoms with Gasteiger partial charge in [0.15, 0.2) is 5.13 Å². The smallest absolute Gasteiger partial charge is 0.229 e. The number of nitrogens with one attached hydrogen (secondary N) is 1. The van der Waals surface area contributed by atoms with Gasteiger partial charge in [0.2, 0.25) is 5.91 Å². The summed E-state index contributed by atoms with van der Waals surface area (Å²) in [5, 5.41) is 5.79. The molecule has 0 saturated heterocycles. The van der Waals surface area contributed by atoms with Crippen molar-refractivity contribution in [1.82, 2.24) is 4.98 Å². The highest BCUT2D eigenvalue weighted by Crippen LogP contribution is 2.33. The minimum absolute atomic E-state index is 0.139. The molecular formula is C26H30N2OS. The molecule has 4 rings (SSSR count). The average molecular weight is 419 g/mol. The molecule has 0 aliphatic heterocycles. The van der Waals surface area contributed by atoms with E-state index in [1.54, 1.807) is 0 Å².